The average Bonchev–Trinajstić information content (AvgIpc) is 3.18. The van der Waals surface area contributed by atoms with Crippen molar-refractivity contribution in [2.24, 2.45) is 5.16 Å². The van der Waals surface area contributed by atoms with E-state index in [2.05, 4.69) is 16.2 Å². The lowest BCUT2D eigenvalue weighted by molar-refractivity contribution is -0.276. The van der Waals surface area contributed by atoms with Gasteiger partial charge in [0.25, 0.3) is 5.60 Å². The summed E-state index contributed by atoms with van der Waals surface area (Å²) in [7, 11) is 0. The summed E-state index contributed by atoms with van der Waals surface area (Å²) in [6.07, 6.45) is -11.0. The van der Waals surface area contributed by atoms with Crippen molar-refractivity contribution in [3.05, 3.63) is 68.7 Å². The summed E-state index contributed by atoms with van der Waals surface area (Å²) in [4.78, 5) is 20.6. The lowest BCUT2D eigenvalue weighted by Crippen LogP contribution is -2.43. The van der Waals surface area contributed by atoms with Gasteiger partial charge in [-0.3, -0.25) is 15.1 Å². The quantitative estimate of drug-likeness (QED) is 0.287. The van der Waals surface area contributed by atoms with Gasteiger partial charge in [-0.25, -0.2) is 0 Å². The molecule has 1 aliphatic rings. The van der Waals surface area contributed by atoms with Crippen molar-refractivity contribution in [2.75, 3.05) is 0 Å². The second kappa shape index (κ2) is 9.61. The van der Waals surface area contributed by atoms with Gasteiger partial charge in [0.1, 0.15) is 0 Å². The molecular weight excluding hydrogens is 515 g/mol. The molecule has 0 saturated heterocycles. The minimum Gasteiger partial charge on any atom is -0.374 e. The molecule has 1 amide bonds. The van der Waals surface area contributed by atoms with Gasteiger partial charge in [0, 0.05) is 29.0 Å². The number of halogens is 8. The SMILES string of the molecule is CC(=O)NNOCc1cc(C2=NO[C@](c3cc(Cl)cc(C(F)(F)F)c3)(C(F)(F)F)C2)ccc1Cl. The summed E-state index contributed by atoms with van der Waals surface area (Å²) in [6, 6.07) is 5.76. The highest BCUT2D eigenvalue weighted by atomic mass is 35.5. The summed E-state index contributed by atoms with van der Waals surface area (Å²) in [5.41, 5.74) is -0.742. The van der Waals surface area contributed by atoms with Crippen LogP contribution in [-0.2, 0) is 32.9 Å². The van der Waals surface area contributed by atoms with Crippen molar-refractivity contribution in [3.63, 3.8) is 0 Å². The highest BCUT2D eigenvalue weighted by molar-refractivity contribution is 6.31. The van der Waals surface area contributed by atoms with Crippen molar-refractivity contribution in [1.82, 2.24) is 11.0 Å². The molecule has 1 atom stereocenters. The Morgan fingerprint density at radius 3 is 2.47 bits per heavy atom. The molecule has 0 fully saturated rings. The molecule has 3 rings (SSSR count). The van der Waals surface area contributed by atoms with E-state index in [1.54, 1.807) is 0 Å². The van der Waals surface area contributed by atoms with E-state index >= 15 is 0 Å². The molecule has 1 heterocycles. The van der Waals surface area contributed by atoms with Gasteiger partial charge in [-0.1, -0.05) is 34.4 Å². The van der Waals surface area contributed by atoms with E-state index in [9.17, 15) is 31.1 Å². The third-order valence-corrected chi connectivity index (χ3v) is 5.37. The molecular formula is C20H15Cl2F6N3O3. The lowest BCUT2D eigenvalue weighted by Gasteiger charge is -2.30. The summed E-state index contributed by atoms with van der Waals surface area (Å²) in [5.74, 6) is -0.435. The van der Waals surface area contributed by atoms with Crippen molar-refractivity contribution >= 4 is 34.8 Å². The molecule has 2 aromatic rings. The molecule has 184 valence electrons. The normalized spacial score (nSPS) is 18.4. The molecule has 0 aromatic heterocycles. The van der Waals surface area contributed by atoms with Crippen LogP contribution in [0.5, 0.6) is 0 Å². The number of carbonyl (C=O) groups excluding carboxylic acids is 1. The molecule has 6 nitrogen and oxygen atoms in total. The standard InChI is InChI=1S/C20H15Cl2F6N3O3/c1-10(32)29-31-33-9-12-4-11(2-3-16(12)22)17-8-18(34-30-17,20(26,27)28)13-5-14(19(23,24)25)7-15(21)6-13/h2-7,31H,8-9H2,1H3,(H,29,32)/t18-/m1/s1. The first-order valence-electron chi connectivity index (χ1n) is 9.35. The smallest absolute Gasteiger partial charge is 0.374 e. The Kier molecular flexibility index (Phi) is 7.37. The van der Waals surface area contributed by atoms with Crippen molar-refractivity contribution in [2.45, 2.75) is 37.9 Å². The van der Waals surface area contributed by atoms with Crippen LogP contribution in [-0.4, -0.2) is 17.8 Å². The fourth-order valence-corrected chi connectivity index (χ4v) is 3.54. The molecule has 2 aromatic carbocycles. The molecule has 1 aliphatic heterocycles. The van der Waals surface area contributed by atoms with Gasteiger partial charge in [-0.15, -0.1) is 5.59 Å². The number of amides is 1. The lowest BCUT2D eigenvalue weighted by atomic mass is 9.85. The van der Waals surface area contributed by atoms with Crippen LogP contribution < -0.4 is 11.0 Å². The number of rotatable bonds is 6. The van der Waals surface area contributed by atoms with Crippen molar-refractivity contribution in [1.29, 1.82) is 0 Å². The summed E-state index contributed by atoms with van der Waals surface area (Å²) in [6.45, 7) is 1.04. The third-order valence-electron chi connectivity index (χ3n) is 4.78. The van der Waals surface area contributed by atoms with E-state index in [-0.39, 0.29) is 22.9 Å². The van der Waals surface area contributed by atoms with E-state index < -0.39 is 46.4 Å². The third kappa shape index (κ3) is 5.57. The van der Waals surface area contributed by atoms with Crippen LogP contribution in [0.1, 0.15) is 35.6 Å². The topological polar surface area (TPSA) is 72.0 Å². The number of nitrogens with one attached hydrogen (secondary N) is 2. The van der Waals surface area contributed by atoms with Gasteiger partial charge < -0.3 is 4.84 Å². The fraction of sp³-hybridized carbons (Fsp3) is 0.300. The second-order valence-electron chi connectivity index (χ2n) is 7.24. The predicted molar refractivity (Wildman–Crippen MR) is 110 cm³/mol. The Hall–Kier alpha value is -2.54. The first kappa shape index (κ1) is 26.1. The van der Waals surface area contributed by atoms with Crippen LogP contribution in [0.15, 0.2) is 41.6 Å². The maximum Gasteiger partial charge on any atom is 0.435 e. The van der Waals surface area contributed by atoms with Crippen molar-refractivity contribution < 1.29 is 40.8 Å². The molecule has 2 N–H and O–H groups in total. The van der Waals surface area contributed by atoms with E-state index in [1.165, 1.54) is 25.1 Å². The molecule has 14 heteroatoms. The Balaban J connectivity index is 1.92. The van der Waals surface area contributed by atoms with Crippen LogP contribution >= 0.6 is 23.2 Å². The largest absolute Gasteiger partial charge is 0.435 e. The molecule has 0 radical (unpaired) electrons. The summed E-state index contributed by atoms with van der Waals surface area (Å²) >= 11 is 11.8. The van der Waals surface area contributed by atoms with Gasteiger partial charge in [0.15, 0.2) is 0 Å². The van der Waals surface area contributed by atoms with Crippen LogP contribution in [0.25, 0.3) is 0 Å². The number of nitrogens with zero attached hydrogens (tertiary/aromatic N) is 1. The first-order chi connectivity index (χ1) is 15.7. The second-order valence-corrected chi connectivity index (χ2v) is 8.08. The summed E-state index contributed by atoms with van der Waals surface area (Å²) < 4.78 is 82.0. The van der Waals surface area contributed by atoms with Gasteiger partial charge in [0.2, 0.25) is 5.91 Å². The van der Waals surface area contributed by atoms with Gasteiger partial charge in [0.05, 0.1) is 17.9 Å². The monoisotopic (exact) mass is 529 g/mol. The van der Waals surface area contributed by atoms with Crippen LogP contribution in [0.3, 0.4) is 0 Å². The summed E-state index contributed by atoms with van der Waals surface area (Å²) in [5, 5.41) is 3.20. The van der Waals surface area contributed by atoms with Gasteiger partial charge in [-0.05, 0) is 41.5 Å². The maximum atomic E-state index is 14.2. The Labute approximate surface area is 198 Å². The fourth-order valence-electron chi connectivity index (χ4n) is 3.13. The van der Waals surface area contributed by atoms with E-state index in [1.807, 2.05) is 0 Å². The number of oxime groups is 1. The predicted octanol–water partition coefficient (Wildman–Crippen LogP) is 5.67. The van der Waals surface area contributed by atoms with E-state index in [0.717, 1.165) is 6.07 Å². The molecule has 0 spiro atoms. The van der Waals surface area contributed by atoms with Gasteiger partial charge >= 0.3 is 12.4 Å². The minimum absolute atomic E-state index is 0.173. The van der Waals surface area contributed by atoms with Gasteiger partial charge in [-0.2, -0.15) is 26.3 Å². The van der Waals surface area contributed by atoms with Crippen molar-refractivity contribution in [3.8, 4) is 0 Å². The zero-order valence-electron chi connectivity index (χ0n) is 17.1. The zero-order valence-corrected chi connectivity index (χ0v) is 18.6. The Morgan fingerprint density at radius 1 is 1.15 bits per heavy atom. The molecule has 0 unspecified atom stereocenters. The minimum atomic E-state index is -5.13. The van der Waals surface area contributed by atoms with E-state index in [0.29, 0.717) is 17.7 Å². The number of benzene rings is 2. The highest BCUT2D eigenvalue weighted by Gasteiger charge is 2.62. The molecule has 34 heavy (non-hydrogen) atoms. The number of hydrazine groups is 1. The Bertz CT molecular complexity index is 1120. The average molecular weight is 530 g/mol. The molecule has 0 bridgehead atoms. The van der Waals surface area contributed by atoms with Crippen LogP contribution in [0, 0.1) is 0 Å². The van der Waals surface area contributed by atoms with E-state index in [4.69, 9.17) is 32.9 Å². The van der Waals surface area contributed by atoms with Crippen LogP contribution in [0.4, 0.5) is 26.3 Å². The van der Waals surface area contributed by atoms with Crippen LogP contribution in [0.2, 0.25) is 10.0 Å². The molecule has 0 saturated carbocycles. The first-order valence-corrected chi connectivity index (χ1v) is 10.1. The Morgan fingerprint density at radius 2 is 1.85 bits per heavy atom. The number of hydrogen-bond donors (Lipinski definition) is 2. The number of hydrogen-bond acceptors (Lipinski definition) is 5. The maximum absolute atomic E-state index is 14.2. The molecule has 0 aliphatic carbocycles. The number of alkyl halides is 6. The highest BCUT2D eigenvalue weighted by Crippen LogP contribution is 2.50. The zero-order chi connectivity index (χ0) is 25.3. The number of carbonyl (C=O) groups is 1.